The molecule has 0 aliphatic carbocycles. The van der Waals surface area contributed by atoms with E-state index in [4.69, 9.17) is 4.74 Å². The molecular weight excluding hydrogens is 216 g/mol. The van der Waals surface area contributed by atoms with Crippen LogP contribution >= 0.6 is 0 Å². The minimum absolute atomic E-state index is 0.0556. The molecule has 0 spiro atoms. The Balaban J connectivity index is 2.88. The Morgan fingerprint density at radius 2 is 1.94 bits per heavy atom. The maximum absolute atomic E-state index is 12.1. The van der Waals surface area contributed by atoms with Crippen LogP contribution in [0.2, 0.25) is 0 Å². The van der Waals surface area contributed by atoms with E-state index in [1.54, 1.807) is 12.1 Å². The Hall–Kier alpha value is -1.36. The molecule has 16 heavy (non-hydrogen) atoms. The van der Waals surface area contributed by atoms with Crippen LogP contribution in [0.5, 0.6) is 11.5 Å². The standard InChI is InChI=1S/C11H15F2NO2/c1-14(2)7-8-4-5-9(16-11(12)13)10(6-8)15-3/h4-6,11H,7H2,1-3H3. The van der Waals surface area contributed by atoms with E-state index in [9.17, 15) is 8.78 Å². The molecule has 5 heteroatoms. The minimum atomic E-state index is -2.84. The minimum Gasteiger partial charge on any atom is -0.493 e. The Morgan fingerprint density at radius 1 is 1.25 bits per heavy atom. The van der Waals surface area contributed by atoms with Gasteiger partial charge in [0.1, 0.15) is 0 Å². The normalized spacial score (nSPS) is 10.9. The third kappa shape index (κ3) is 3.66. The zero-order valence-corrected chi connectivity index (χ0v) is 9.54. The first-order chi connectivity index (χ1) is 7.52. The molecule has 0 unspecified atom stereocenters. The molecule has 0 heterocycles. The Morgan fingerprint density at radius 3 is 2.44 bits per heavy atom. The van der Waals surface area contributed by atoms with Gasteiger partial charge >= 0.3 is 6.61 Å². The van der Waals surface area contributed by atoms with Crippen LogP contribution in [0.15, 0.2) is 18.2 Å². The molecule has 1 rings (SSSR count). The summed E-state index contributed by atoms with van der Waals surface area (Å²) in [7, 11) is 5.28. The smallest absolute Gasteiger partial charge is 0.387 e. The van der Waals surface area contributed by atoms with E-state index in [1.807, 2.05) is 19.0 Å². The van der Waals surface area contributed by atoms with Gasteiger partial charge in [-0.2, -0.15) is 8.78 Å². The molecule has 0 atom stereocenters. The van der Waals surface area contributed by atoms with Gasteiger partial charge in [0, 0.05) is 6.54 Å². The first-order valence-electron chi connectivity index (χ1n) is 4.79. The van der Waals surface area contributed by atoms with Crippen molar-refractivity contribution in [2.24, 2.45) is 0 Å². The van der Waals surface area contributed by atoms with E-state index in [0.29, 0.717) is 12.3 Å². The average molecular weight is 231 g/mol. The van der Waals surface area contributed by atoms with Crippen molar-refractivity contribution in [3.63, 3.8) is 0 Å². The van der Waals surface area contributed by atoms with Crippen LogP contribution in [0.4, 0.5) is 8.78 Å². The van der Waals surface area contributed by atoms with Gasteiger partial charge in [0.25, 0.3) is 0 Å². The third-order valence-corrected chi connectivity index (χ3v) is 1.94. The zero-order chi connectivity index (χ0) is 12.1. The van der Waals surface area contributed by atoms with Crippen LogP contribution in [0.25, 0.3) is 0 Å². The topological polar surface area (TPSA) is 21.7 Å². The van der Waals surface area contributed by atoms with Crippen molar-refractivity contribution >= 4 is 0 Å². The van der Waals surface area contributed by atoms with Crippen molar-refractivity contribution < 1.29 is 18.3 Å². The van der Waals surface area contributed by atoms with E-state index >= 15 is 0 Å². The fourth-order valence-corrected chi connectivity index (χ4v) is 1.37. The number of ether oxygens (including phenoxy) is 2. The lowest BCUT2D eigenvalue weighted by Gasteiger charge is -2.13. The van der Waals surface area contributed by atoms with Crippen LogP contribution in [0, 0.1) is 0 Å². The molecule has 0 saturated carbocycles. The van der Waals surface area contributed by atoms with E-state index < -0.39 is 6.61 Å². The molecular formula is C11H15F2NO2. The molecule has 90 valence electrons. The number of methoxy groups -OCH3 is 1. The summed E-state index contributed by atoms with van der Waals surface area (Å²) in [6.07, 6.45) is 0. The second kappa shape index (κ2) is 5.65. The molecule has 0 saturated heterocycles. The summed E-state index contributed by atoms with van der Waals surface area (Å²) in [5.41, 5.74) is 0.975. The van der Waals surface area contributed by atoms with Gasteiger partial charge in [-0.3, -0.25) is 0 Å². The van der Waals surface area contributed by atoms with Gasteiger partial charge in [0.2, 0.25) is 0 Å². The average Bonchev–Trinajstić information content (AvgIpc) is 2.18. The number of benzene rings is 1. The molecule has 0 bridgehead atoms. The predicted octanol–water partition coefficient (Wildman–Crippen LogP) is 2.36. The molecule has 1 aromatic rings. The number of alkyl halides is 2. The van der Waals surface area contributed by atoms with E-state index in [-0.39, 0.29) is 5.75 Å². The number of hydrogen-bond acceptors (Lipinski definition) is 3. The van der Waals surface area contributed by atoms with E-state index in [0.717, 1.165) is 5.56 Å². The zero-order valence-electron chi connectivity index (χ0n) is 9.54. The molecule has 1 aromatic carbocycles. The summed E-state index contributed by atoms with van der Waals surface area (Å²) in [6, 6.07) is 4.92. The lowest BCUT2D eigenvalue weighted by atomic mass is 10.2. The van der Waals surface area contributed by atoms with Gasteiger partial charge in [-0.1, -0.05) is 6.07 Å². The summed E-state index contributed by atoms with van der Waals surface area (Å²) in [6.45, 7) is -2.13. The van der Waals surface area contributed by atoms with E-state index in [1.165, 1.54) is 13.2 Å². The van der Waals surface area contributed by atoms with Crippen LogP contribution in [0.3, 0.4) is 0 Å². The van der Waals surface area contributed by atoms with Gasteiger partial charge in [-0.25, -0.2) is 0 Å². The molecule has 0 aliphatic rings. The Kier molecular flexibility index (Phi) is 4.49. The lowest BCUT2D eigenvalue weighted by molar-refractivity contribution is -0.0512. The number of hydrogen-bond donors (Lipinski definition) is 0. The van der Waals surface area contributed by atoms with E-state index in [2.05, 4.69) is 4.74 Å². The highest BCUT2D eigenvalue weighted by atomic mass is 19.3. The first-order valence-corrected chi connectivity index (χ1v) is 4.79. The predicted molar refractivity (Wildman–Crippen MR) is 57.0 cm³/mol. The Bertz CT molecular complexity index is 343. The van der Waals surface area contributed by atoms with Crippen molar-refractivity contribution in [3.05, 3.63) is 23.8 Å². The lowest BCUT2D eigenvalue weighted by Crippen LogP contribution is -2.11. The monoisotopic (exact) mass is 231 g/mol. The first kappa shape index (κ1) is 12.7. The Labute approximate surface area is 93.6 Å². The number of rotatable bonds is 5. The van der Waals surface area contributed by atoms with Gasteiger partial charge in [-0.05, 0) is 31.8 Å². The van der Waals surface area contributed by atoms with Crippen molar-refractivity contribution in [1.29, 1.82) is 0 Å². The highest BCUT2D eigenvalue weighted by Gasteiger charge is 2.11. The van der Waals surface area contributed by atoms with Crippen LogP contribution < -0.4 is 9.47 Å². The highest BCUT2D eigenvalue weighted by molar-refractivity contribution is 5.42. The summed E-state index contributed by atoms with van der Waals surface area (Å²) < 4.78 is 33.4. The summed E-state index contributed by atoms with van der Waals surface area (Å²) in [5, 5.41) is 0. The summed E-state index contributed by atoms with van der Waals surface area (Å²) in [5.74, 6) is 0.375. The summed E-state index contributed by atoms with van der Waals surface area (Å²) in [4.78, 5) is 1.97. The third-order valence-electron chi connectivity index (χ3n) is 1.94. The maximum Gasteiger partial charge on any atom is 0.387 e. The second-order valence-electron chi connectivity index (χ2n) is 3.60. The second-order valence-corrected chi connectivity index (χ2v) is 3.60. The molecule has 0 radical (unpaired) electrons. The van der Waals surface area contributed by atoms with Crippen molar-refractivity contribution in [2.75, 3.05) is 21.2 Å². The van der Waals surface area contributed by atoms with Gasteiger partial charge in [0.15, 0.2) is 11.5 Å². The summed E-state index contributed by atoms with van der Waals surface area (Å²) >= 11 is 0. The molecule has 0 amide bonds. The van der Waals surface area contributed by atoms with Crippen LogP contribution in [-0.4, -0.2) is 32.7 Å². The number of halogens is 2. The molecule has 0 fully saturated rings. The van der Waals surface area contributed by atoms with Gasteiger partial charge in [-0.15, -0.1) is 0 Å². The fraction of sp³-hybridized carbons (Fsp3) is 0.455. The van der Waals surface area contributed by atoms with Crippen molar-refractivity contribution in [2.45, 2.75) is 13.2 Å². The molecule has 3 nitrogen and oxygen atoms in total. The SMILES string of the molecule is COc1cc(CN(C)C)ccc1OC(F)F. The largest absolute Gasteiger partial charge is 0.493 e. The van der Waals surface area contributed by atoms with Crippen molar-refractivity contribution in [3.8, 4) is 11.5 Å². The quantitative estimate of drug-likeness (QED) is 0.776. The van der Waals surface area contributed by atoms with Crippen molar-refractivity contribution in [1.82, 2.24) is 4.90 Å². The van der Waals surface area contributed by atoms with Gasteiger partial charge < -0.3 is 14.4 Å². The molecule has 0 aliphatic heterocycles. The fourth-order valence-electron chi connectivity index (χ4n) is 1.37. The molecule has 0 aromatic heterocycles. The van der Waals surface area contributed by atoms with Crippen LogP contribution in [0.1, 0.15) is 5.56 Å². The maximum atomic E-state index is 12.1. The van der Waals surface area contributed by atoms with Gasteiger partial charge in [0.05, 0.1) is 7.11 Å². The van der Waals surface area contributed by atoms with Crippen LogP contribution in [-0.2, 0) is 6.54 Å². The number of nitrogens with zero attached hydrogens (tertiary/aromatic N) is 1. The highest BCUT2D eigenvalue weighted by Crippen LogP contribution is 2.29. The molecule has 0 N–H and O–H groups in total.